The van der Waals surface area contributed by atoms with Crippen LogP contribution >= 0.6 is 0 Å². The minimum absolute atomic E-state index is 0.113. The van der Waals surface area contributed by atoms with E-state index in [-0.39, 0.29) is 25.0 Å². The predicted octanol–water partition coefficient (Wildman–Crippen LogP) is 7.81. The van der Waals surface area contributed by atoms with E-state index in [1.54, 1.807) is 0 Å². The van der Waals surface area contributed by atoms with E-state index in [1.807, 2.05) is 20.8 Å². The molecular weight excluding hydrogens is 530 g/mol. The summed E-state index contributed by atoms with van der Waals surface area (Å²) >= 11 is 0. The van der Waals surface area contributed by atoms with Gasteiger partial charge in [0, 0.05) is 12.0 Å². The fourth-order valence-electron chi connectivity index (χ4n) is 6.12. The molecule has 4 atom stereocenters. The van der Waals surface area contributed by atoms with Crippen molar-refractivity contribution in [3.05, 3.63) is 22.3 Å². The molecule has 1 aromatic rings. The number of hydrogen-bond donors (Lipinski definition) is 3. The summed E-state index contributed by atoms with van der Waals surface area (Å²) in [4.78, 5) is 22.5. The molecule has 7 nitrogen and oxygen atoms in total. The summed E-state index contributed by atoms with van der Waals surface area (Å²) in [5, 5.41) is 21.7. The van der Waals surface area contributed by atoms with E-state index in [0.29, 0.717) is 5.75 Å². The van der Waals surface area contributed by atoms with E-state index in [1.165, 1.54) is 51.4 Å². The van der Waals surface area contributed by atoms with E-state index >= 15 is 0 Å². The standard InChI is InChI=1S/C35H59NO6/c1-23(2)12-9-13-24(3)14-10-15-25(4)16-11-20-35(8)21-19-29-28(7)33(26(5)27(6)34(29)42-35)41-32(40)22-36-30(37)17-18-31(38)39/h23-25,32,40H,9-22H2,1-8H3,(H,36,37)(H,38,39)/t24-,25-,32?,35-/m1/s1. The number of hydrogen-bond acceptors (Lipinski definition) is 5. The van der Waals surface area contributed by atoms with Crippen LogP contribution in [0.3, 0.4) is 0 Å². The number of aliphatic hydroxyl groups is 1. The van der Waals surface area contributed by atoms with Gasteiger partial charge in [-0.3, -0.25) is 9.59 Å². The number of amides is 1. The molecule has 0 radical (unpaired) electrons. The molecule has 1 unspecified atom stereocenters. The number of nitrogens with one attached hydrogen (secondary N) is 1. The maximum Gasteiger partial charge on any atom is 0.303 e. The maximum absolute atomic E-state index is 11.8. The first-order chi connectivity index (χ1) is 19.7. The van der Waals surface area contributed by atoms with Crippen molar-refractivity contribution in [2.45, 2.75) is 151 Å². The van der Waals surface area contributed by atoms with Crippen LogP contribution in [0.1, 0.15) is 134 Å². The van der Waals surface area contributed by atoms with Crippen molar-refractivity contribution >= 4 is 11.9 Å². The summed E-state index contributed by atoms with van der Waals surface area (Å²) in [5.74, 6) is 2.50. The van der Waals surface area contributed by atoms with Crippen LogP contribution < -0.4 is 14.8 Å². The zero-order chi connectivity index (χ0) is 31.4. The Kier molecular flexibility index (Phi) is 14.6. The Morgan fingerprint density at radius 2 is 1.50 bits per heavy atom. The summed E-state index contributed by atoms with van der Waals surface area (Å²) in [5.41, 5.74) is 3.82. The van der Waals surface area contributed by atoms with Gasteiger partial charge in [0.2, 0.25) is 12.2 Å². The number of aliphatic hydroxyl groups excluding tert-OH is 1. The van der Waals surface area contributed by atoms with Gasteiger partial charge in [0.25, 0.3) is 0 Å². The molecule has 0 bridgehead atoms. The molecule has 1 heterocycles. The number of fused-ring (bicyclic) bond motifs is 1. The second-order valence-electron chi connectivity index (χ2n) is 13.7. The molecule has 0 saturated heterocycles. The van der Waals surface area contributed by atoms with Gasteiger partial charge >= 0.3 is 5.97 Å². The number of carbonyl (C=O) groups excluding carboxylic acids is 1. The molecular formula is C35H59NO6. The first kappa shape index (κ1) is 35.9. The third kappa shape index (κ3) is 11.8. The highest BCUT2D eigenvalue weighted by atomic mass is 16.6. The van der Waals surface area contributed by atoms with Crippen molar-refractivity contribution in [1.29, 1.82) is 0 Å². The number of ether oxygens (including phenoxy) is 2. The van der Waals surface area contributed by atoms with Crippen molar-refractivity contribution in [2.75, 3.05) is 6.54 Å². The van der Waals surface area contributed by atoms with Crippen molar-refractivity contribution in [1.82, 2.24) is 5.32 Å². The predicted molar refractivity (Wildman–Crippen MR) is 169 cm³/mol. The van der Waals surface area contributed by atoms with Gasteiger partial charge < -0.3 is 25.0 Å². The Labute approximate surface area is 255 Å². The van der Waals surface area contributed by atoms with Crippen molar-refractivity contribution in [2.24, 2.45) is 17.8 Å². The maximum atomic E-state index is 11.8. The second-order valence-corrected chi connectivity index (χ2v) is 13.7. The number of carboxylic acid groups (broad SMARTS) is 1. The van der Waals surface area contributed by atoms with Crippen molar-refractivity contribution < 1.29 is 29.3 Å². The monoisotopic (exact) mass is 589 g/mol. The molecule has 0 fully saturated rings. The number of carbonyl (C=O) groups is 2. The molecule has 0 saturated carbocycles. The SMILES string of the molecule is Cc1c(C)c2c(c(C)c1OC(O)CNC(=O)CCC(=O)O)CC[C@@](C)(CCC[C@H](C)CCC[C@H](C)CCCC(C)C)O2. The van der Waals surface area contributed by atoms with Crippen LogP contribution in [0.5, 0.6) is 11.5 Å². The summed E-state index contributed by atoms with van der Waals surface area (Å²) < 4.78 is 12.6. The zero-order valence-electron chi connectivity index (χ0n) is 27.7. The van der Waals surface area contributed by atoms with Crippen LogP contribution in [-0.4, -0.2) is 40.5 Å². The lowest BCUT2D eigenvalue weighted by Crippen LogP contribution is -2.37. The third-order valence-corrected chi connectivity index (χ3v) is 9.13. The Morgan fingerprint density at radius 1 is 0.905 bits per heavy atom. The van der Waals surface area contributed by atoms with Crippen molar-refractivity contribution in [3.63, 3.8) is 0 Å². The van der Waals surface area contributed by atoms with Gasteiger partial charge in [-0.1, -0.05) is 72.6 Å². The molecule has 7 heteroatoms. The highest BCUT2D eigenvalue weighted by Crippen LogP contribution is 2.45. The number of carboxylic acids is 1. The van der Waals surface area contributed by atoms with Gasteiger partial charge in [-0.25, -0.2) is 0 Å². The molecule has 0 aliphatic carbocycles. The molecule has 1 aliphatic heterocycles. The average molecular weight is 590 g/mol. The number of rotatable bonds is 19. The summed E-state index contributed by atoms with van der Waals surface area (Å²) in [6.07, 6.45) is 11.7. The molecule has 1 aromatic carbocycles. The fourth-order valence-corrected chi connectivity index (χ4v) is 6.12. The quantitative estimate of drug-likeness (QED) is 0.142. The van der Waals surface area contributed by atoms with Crippen LogP contribution in [0.2, 0.25) is 0 Å². The molecule has 240 valence electrons. The smallest absolute Gasteiger partial charge is 0.303 e. The lowest BCUT2D eigenvalue weighted by Gasteiger charge is -2.38. The van der Waals surface area contributed by atoms with Crippen LogP contribution in [0.25, 0.3) is 0 Å². The Balaban J connectivity index is 1.86. The minimum atomic E-state index is -1.24. The van der Waals surface area contributed by atoms with Crippen LogP contribution in [0.4, 0.5) is 0 Å². The molecule has 3 N–H and O–H groups in total. The largest absolute Gasteiger partial charge is 0.487 e. The highest BCUT2D eigenvalue weighted by molar-refractivity contribution is 5.80. The van der Waals surface area contributed by atoms with E-state index in [9.17, 15) is 14.7 Å². The first-order valence-corrected chi connectivity index (χ1v) is 16.4. The molecule has 1 aliphatic rings. The molecule has 0 spiro atoms. The van der Waals surface area contributed by atoms with Gasteiger partial charge in [0.15, 0.2) is 0 Å². The van der Waals surface area contributed by atoms with Crippen LogP contribution in [0.15, 0.2) is 0 Å². The topological polar surface area (TPSA) is 105 Å². The molecule has 2 rings (SSSR count). The van der Waals surface area contributed by atoms with Gasteiger partial charge in [-0.15, -0.1) is 0 Å². The van der Waals surface area contributed by atoms with Gasteiger partial charge in [-0.05, 0) is 87.8 Å². The number of aliphatic carboxylic acids is 1. The molecule has 0 aromatic heterocycles. The molecule has 1 amide bonds. The van der Waals surface area contributed by atoms with E-state index in [4.69, 9.17) is 14.6 Å². The zero-order valence-corrected chi connectivity index (χ0v) is 27.7. The van der Waals surface area contributed by atoms with Gasteiger partial charge in [0.1, 0.15) is 17.1 Å². The lowest BCUT2D eigenvalue weighted by atomic mass is 9.83. The van der Waals surface area contributed by atoms with Crippen LogP contribution in [-0.2, 0) is 16.0 Å². The van der Waals surface area contributed by atoms with Gasteiger partial charge in [-0.2, -0.15) is 0 Å². The Hall–Kier alpha value is -2.28. The van der Waals surface area contributed by atoms with E-state index in [0.717, 1.165) is 65.0 Å². The third-order valence-electron chi connectivity index (χ3n) is 9.13. The fraction of sp³-hybridized carbons (Fsp3) is 0.771. The van der Waals surface area contributed by atoms with Crippen LogP contribution in [0, 0.1) is 38.5 Å². The first-order valence-electron chi connectivity index (χ1n) is 16.4. The minimum Gasteiger partial charge on any atom is -0.487 e. The summed E-state index contributed by atoms with van der Waals surface area (Å²) in [6.45, 7) is 17.6. The number of benzene rings is 1. The molecule has 42 heavy (non-hydrogen) atoms. The summed E-state index contributed by atoms with van der Waals surface area (Å²) in [6, 6.07) is 0. The van der Waals surface area contributed by atoms with E-state index in [2.05, 4.69) is 39.9 Å². The van der Waals surface area contributed by atoms with Crippen molar-refractivity contribution in [3.8, 4) is 11.5 Å². The Bertz CT molecular complexity index is 1020. The second kappa shape index (κ2) is 17.1. The Morgan fingerprint density at radius 3 is 2.10 bits per heavy atom. The summed E-state index contributed by atoms with van der Waals surface area (Å²) in [7, 11) is 0. The van der Waals surface area contributed by atoms with E-state index < -0.39 is 18.2 Å². The van der Waals surface area contributed by atoms with Gasteiger partial charge in [0.05, 0.1) is 13.0 Å². The lowest BCUT2D eigenvalue weighted by molar-refractivity contribution is -0.139. The normalized spacial score (nSPS) is 18.6. The average Bonchev–Trinajstić information content (AvgIpc) is 2.91. The highest BCUT2D eigenvalue weighted by Gasteiger charge is 2.34.